The Morgan fingerprint density at radius 2 is 2.29 bits per heavy atom. The average Bonchev–Trinajstić information content (AvgIpc) is 2.68. The Hall–Kier alpha value is -1.75. The molecule has 0 aromatic heterocycles. The van der Waals surface area contributed by atoms with Crippen molar-refractivity contribution < 1.29 is 9.53 Å². The van der Waals surface area contributed by atoms with E-state index in [1.54, 1.807) is 12.1 Å². The standard InChI is InChI=1S/C12H17N3O2/c1-12(5-6-17-7-12)15-9-4-2-3-8(10(9)13)11(14)16/h2-4,15H,5-7,13H2,1H3,(H2,14,16). The number of anilines is 2. The summed E-state index contributed by atoms with van der Waals surface area (Å²) in [5.74, 6) is -0.515. The largest absolute Gasteiger partial charge is 0.396 e. The van der Waals surface area contributed by atoms with Gasteiger partial charge in [0, 0.05) is 6.61 Å². The second kappa shape index (κ2) is 4.25. The fourth-order valence-electron chi connectivity index (χ4n) is 1.98. The minimum atomic E-state index is -0.515. The maximum atomic E-state index is 11.2. The number of primary amides is 1. The van der Waals surface area contributed by atoms with Crippen LogP contribution in [-0.4, -0.2) is 24.7 Å². The summed E-state index contributed by atoms with van der Waals surface area (Å²) in [4.78, 5) is 11.2. The zero-order chi connectivity index (χ0) is 12.5. The van der Waals surface area contributed by atoms with E-state index in [1.165, 1.54) is 0 Å². The molecule has 5 N–H and O–H groups in total. The molecule has 1 aromatic rings. The Morgan fingerprint density at radius 3 is 2.88 bits per heavy atom. The molecule has 0 bridgehead atoms. The zero-order valence-electron chi connectivity index (χ0n) is 9.82. The second-order valence-electron chi connectivity index (χ2n) is 4.62. The van der Waals surface area contributed by atoms with Crippen molar-refractivity contribution in [3.63, 3.8) is 0 Å². The van der Waals surface area contributed by atoms with Crippen molar-refractivity contribution in [1.82, 2.24) is 0 Å². The van der Waals surface area contributed by atoms with Crippen molar-refractivity contribution in [1.29, 1.82) is 0 Å². The molecule has 0 saturated carbocycles. The van der Waals surface area contributed by atoms with E-state index in [9.17, 15) is 4.79 Å². The van der Waals surface area contributed by atoms with Gasteiger partial charge in [0.05, 0.1) is 29.1 Å². The third-order valence-corrected chi connectivity index (χ3v) is 3.03. The lowest BCUT2D eigenvalue weighted by Crippen LogP contribution is -2.35. The molecule has 0 radical (unpaired) electrons. The molecule has 1 atom stereocenters. The third-order valence-electron chi connectivity index (χ3n) is 3.03. The van der Waals surface area contributed by atoms with E-state index in [1.807, 2.05) is 6.07 Å². The summed E-state index contributed by atoms with van der Waals surface area (Å²) < 4.78 is 5.35. The molecule has 1 fully saturated rings. The number of hydrogen-bond donors (Lipinski definition) is 3. The Bertz CT molecular complexity index is 439. The van der Waals surface area contributed by atoms with Gasteiger partial charge in [-0.2, -0.15) is 0 Å². The molecule has 1 unspecified atom stereocenters. The number of amides is 1. The minimum Gasteiger partial charge on any atom is -0.396 e. The van der Waals surface area contributed by atoms with Crippen LogP contribution in [-0.2, 0) is 4.74 Å². The quantitative estimate of drug-likeness (QED) is 0.680. The smallest absolute Gasteiger partial charge is 0.250 e. The van der Waals surface area contributed by atoms with Crippen molar-refractivity contribution in [3.05, 3.63) is 23.8 Å². The predicted molar refractivity (Wildman–Crippen MR) is 66.8 cm³/mol. The molecule has 0 aliphatic carbocycles. The van der Waals surface area contributed by atoms with Crippen LogP contribution in [0.3, 0.4) is 0 Å². The van der Waals surface area contributed by atoms with Gasteiger partial charge in [-0.05, 0) is 25.5 Å². The van der Waals surface area contributed by atoms with E-state index in [4.69, 9.17) is 16.2 Å². The van der Waals surface area contributed by atoms with Gasteiger partial charge in [-0.25, -0.2) is 0 Å². The van der Waals surface area contributed by atoms with Gasteiger partial charge in [0.2, 0.25) is 0 Å². The van der Waals surface area contributed by atoms with Gasteiger partial charge in [0.1, 0.15) is 0 Å². The lowest BCUT2D eigenvalue weighted by molar-refractivity contribution is 0.100. The molecule has 1 aliphatic heterocycles. The normalized spacial score (nSPS) is 23.6. The first-order valence-corrected chi connectivity index (χ1v) is 5.56. The molecule has 1 heterocycles. The monoisotopic (exact) mass is 235 g/mol. The van der Waals surface area contributed by atoms with E-state index in [2.05, 4.69) is 12.2 Å². The van der Waals surface area contributed by atoms with Crippen LogP contribution in [0.4, 0.5) is 11.4 Å². The number of para-hydroxylation sites is 1. The SMILES string of the molecule is CC1(Nc2cccc(C(N)=O)c2N)CCOC1. The maximum Gasteiger partial charge on any atom is 0.250 e. The van der Waals surface area contributed by atoms with E-state index in [-0.39, 0.29) is 5.54 Å². The van der Waals surface area contributed by atoms with Gasteiger partial charge in [-0.15, -0.1) is 0 Å². The highest BCUT2D eigenvalue weighted by molar-refractivity contribution is 6.00. The highest BCUT2D eigenvalue weighted by atomic mass is 16.5. The first-order valence-electron chi connectivity index (χ1n) is 5.56. The number of carbonyl (C=O) groups is 1. The fraction of sp³-hybridized carbons (Fsp3) is 0.417. The van der Waals surface area contributed by atoms with E-state index in [0.29, 0.717) is 17.9 Å². The molecule has 5 heteroatoms. The van der Waals surface area contributed by atoms with Gasteiger partial charge >= 0.3 is 0 Å². The molecule has 2 rings (SSSR count). The van der Waals surface area contributed by atoms with Crippen molar-refractivity contribution in [2.24, 2.45) is 5.73 Å². The molecule has 0 spiro atoms. The number of hydrogen-bond acceptors (Lipinski definition) is 4. The number of nitrogens with two attached hydrogens (primary N) is 2. The lowest BCUT2D eigenvalue weighted by atomic mass is 10.0. The highest BCUT2D eigenvalue weighted by Crippen LogP contribution is 2.29. The average molecular weight is 235 g/mol. The zero-order valence-corrected chi connectivity index (χ0v) is 9.82. The Kier molecular flexibility index (Phi) is 2.93. The van der Waals surface area contributed by atoms with E-state index in [0.717, 1.165) is 18.7 Å². The van der Waals surface area contributed by atoms with Gasteiger partial charge in [0.15, 0.2) is 0 Å². The van der Waals surface area contributed by atoms with Crippen LogP contribution in [0.5, 0.6) is 0 Å². The Labute approximate surface area is 100 Å². The molecule has 1 amide bonds. The highest BCUT2D eigenvalue weighted by Gasteiger charge is 2.30. The van der Waals surface area contributed by atoms with Crippen molar-refractivity contribution in [2.75, 3.05) is 24.3 Å². The third kappa shape index (κ3) is 2.34. The molecular weight excluding hydrogens is 218 g/mol. The van der Waals surface area contributed by atoms with Crippen LogP contribution in [0.25, 0.3) is 0 Å². The first kappa shape index (κ1) is 11.7. The maximum absolute atomic E-state index is 11.2. The Morgan fingerprint density at radius 1 is 1.53 bits per heavy atom. The Balaban J connectivity index is 2.27. The predicted octanol–water partition coefficient (Wildman–Crippen LogP) is 0.959. The summed E-state index contributed by atoms with van der Waals surface area (Å²) in [5.41, 5.74) is 12.5. The molecular formula is C12H17N3O2. The minimum absolute atomic E-state index is 0.135. The van der Waals surface area contributed by atoms with Crippen molar-refractivity contribution >= 4 is 17.3 Å². The fourth-order valence-corrected chi connectivity index (χ4v) is 1.98. The molecule has 5 nitrogen and oxygen atoms in total. The number of nitrogens with one attached hydrogen (secondary N) is 1. The molecule has 17 heavy (non-hydrogen) atoms. The lowest BCUT2D eigenvalue weighted by Gasteiger charge is -2.26. The van der Waals surface area contributed by atoms with Gasteiger partial charge in [-0.1, -0.05) is 6.07 Å². The number of carbonyl (C=O) groups excluding carboxylic acids is 1. The number of nitrogen functional groups attached to an aromatic ring is 1. The number of ether oxygens (including phenoxy) is 1. The number of benzene rings is 1. The first-order chi connectivity index (χ1) is 8.02. The second-order valence-corrected chi connectivity index (χ2v) is 4.62. The molecule has 1 saturated heterocycles. The number of rotatable bonds is 3. The van der Waals surface area contributed by atoms with Crippen LogP contribution in [0, 0.1) is 0 Å². The van der Waals surface area contributed by atoms with Crippen LogP contribution in [0.2, 0.25) is 0 Å². The topological polar surface area (TPSA) is 90.4 Å². The summed E-state index contributed by atoms with van der Waals surface area (Å²) in [5, 5.41) is 3.32. The van der Waals surface area contributed by atoms with E-state index < -0.39 is 5.91 Å². The van der Waals surface area contributed by atoms with Crippen LogP contribution in [0.1, 0.15) is 23.7 Å². The summed E-state index contributed by atoms with van der Waals surface area (Å²) in [6.07, 6.45) is 0.910. The van der Waals surface area contributed by atoms with E-state index >= 15 is 0 Å². The van der Waals surface area contributed by atoms with Crippen LogP contribution >= 0.6 is 0 Å². The molecule has 1 aromatic carbocycles. The molecule has 1 aliphatic rings. The van der Waals surface area contributed by atoms with Crippen molar-refractivity contribution in [3.8, 4) is 0 Å². The molecule has 92 valence electrons. The van der Waals surface area contributed by atoms with Crippen LogP contribution in [0.15, 0.2) is 18.2 Å². The van der Waals surface area contributed by atoms with Gasteiger partial charge in [-0.3, -0.25) is 4.79 Å². The van der Waals surface area contributed by atoms with Gasteiger partial charge < -0.3 is 21.5 Å². The summed E-state index contributed by atoms with van der Waals surface area (Å²) >= 11 is 0. The summed E-state index contributed by atoms with van der Waals surface area (Å²) in [6.45, 7) is 3.43. The summed E-state index contributed by atoms with van der Waals surface area (Å²) in [7, 11) is 0. The van der Waals surface area contributed by atoms with Gasteiger partial charge in [0.25, 0.3) is 5.91 Å². The van der Waals surface area contributed by atoms with Crippen LogP contribution < -0.4 is 16.8 Å². The summed E-state index contributed by atoms with van der Waals surface area (Å²) in [6, 6.07) is 5.22. The van der Waals surface area contributed by atoms with Crippen molar-refractivity contribution in [2.45, 2.75) is 18.9 Å².